The van der Waals surface area contributed by atoms with Gasteiger partial charge in [-0.25, -0.2) is 0 Å². The number of aromatic nitrogens is 2. The van der Waals surface area contributed by atoms with Crippen LogP contribution in [0.15, 0.2) is 18.5 Å². The lowest BCUT2D eigenvalue weighted by molar-refractivity contribution is 0.0790. The molecule has 0 fully saturated rings. The van der Waals surface area contributed by atoms with Crippen molar-refractivity contribution in [2.75, 3.05) is 7.05 Å². The molecule has 1 aliphatic rings. The van der Waals surface area contributed by atoms with Crippen LogP contribution in [0.5, 0.6) is 0 Å². The van der Waals surface area contributed by atoms with Gasteiger partial charge in [-0.15, -0.1) is 11.3 Å². The van der Waals surface area contributed by atoms with Crippen LogP contribution in [0, 0.1) is 5.92 Å². The van der Waals surface area contributed by atoms with Crippen molar-refractivity contribution in [3.8, 4) is 0 Å². The van der Waals surface area contributed by atoms with Crippen LogP contribution in [0.3, 0.4) is 0 Å². The van der Waals surface area contributed by atoms with Crippen LogP contribution < -0.4 is 0 Å². The van der Waals surface area contributed by atoms with Crippen LogP contribution in [0.25, 0.3) is 0 Å². The summed E-state index contributed by atoms with van der Waals surface area (Å²) in [6.45, 7) is 2.86. The third-order valence-electron chi connectivity index (χ3n) is 4.50. The molecule has 1 atom stereocenters. The fourth-order valence-electron chi connectivity index (χ4n) is 3.14. The van der Waals surface area contributed by atoms with E-state index in [1.54, 1.807) is 20.9 Å². The second-order valence-corrected chi connectivity index (χ2v) is 7.40. The molecule has 2 aromatic heterocycles. The Morgan fingerprint density at radius 3 is 3.05 bits per heavy atom. The lowest BCUT2D eigenvalue weighted by Gasteiger charge is -2.19. The van der Waals surface area contributed by atoms with E-state index in [1.807, 2.05) is 26.5 Å². The maximum absolute atomic E-state index is 12.6. The number of nitrogens with zero attached hydrogens (tertiary/aromatic N) is 3. The lowest BCUT2D eigenvalue weighted by atomic mass is 9.87. The summed E-state index contributed by atoms with van der Waals surface area (Å²) in [4.78, 5) is 16.7. The molecule has 4 nitrogen and oxygen atoms in total. The van der Waals surface area contributed by atoms with Crippen molar-refractivity contribution in [1.29, 1.82) is 0 Å². The lowest BCUT2D eigenvalue weighted by Crippen LogP contribution is -2.25. The number of rotatable bonds is 4. The standard InChI is InChI=1S/C17H23N3OS/c1-4-12-5-6-15-14(7-12)8-16(22-15)17(21)19(2)10-13-9-18-20(3)11-13/h8-9,11-12H,4-7,10H2,1-3H3/t12-/m0/s1. The Labute approximate surface area is 135 Å². The highest BCUT2D eigenvalue weighted by Gasteiger charge is 2.23. The molecule has 0 aliphatic heterocycles. The number of aryl methyl sites for hydroxylation is 2. The Hall–Kier alpha value is -1.62. The van der Waals surface area contributed by atoms with Crippen molar-refractivity contribution in [2.45, 2.75) is 39.2 Å². The van der Waals surface area contributed by atoms with Crippen LogP contribution in [0.2, 0.25) is 0 Å². The highest BCUT2D eigenvalue weighted by Crippen LogP contribution is 2.34. The molecule has 0 radical (unpaired) electrons. The van der Waals surface area contributed by atoms with Crippen LogP contribution in [-0.4, -0.2) is 27.6 Å². The number of hydrogen-bond donors (Lipinski definition) is 0. The Kier molecular flexibility index (Phi) is 4.34. The summed E-state index contributed by atoms with van der Waals surface area (Å²) in [7, 11) is 3.76. The summed E-state index contributed by atoms with van der Waals surface area (Å²) < 4.78 is 1.77. The van der Waals surface area contributed by atoms with Gasteiger partial charge in [-0.2, -0.15) is 5.10 Å². The average molecular weight is 317 g/mol. The molecule has 2 aromatic rings. The zero-order valence-corrected chi connectivity index (χ0v) is 14.3. The monoisotopic (exact) mass is 317 g/mol. The summed E-state index contributed by atoms with van der Waals surface area (Å²) in [5, 5.41) is 4.15. The van der Waals surface area contributed by atoms with E-state index < -0.39 is 0 Å². The fourth-order valence-corrected chi connectivity index (χ4v) is 4.34. The van der Waals surface area contributed by atoms with E-state index in [4.69, 9.17) is 0 Å². The minimum Gasteiger partial charge on any atom is -0.337 e. The first-order chi connectivity index (χ1) is 10.6. The number of amides is 1. The molecule has 0 saturated heterocycles. The summed E-state index contributed by atoms with van der Waals surface area (Å²) in [6, 6.07) is 2.13. The molecule has 118 valence electrons. The quantitative estimate of drug-likeness (QED) is 0.868. The molecule has 1 aliphatic carbocycles. The Bertz CT molecular complexity index is 673. The van der Waals surface area contributed by atoms with E-state index in [-0.39, 0.29) is 5.91 Å². The van der Waals surface area contributed by atoms with Crippen LogP contribution >= 0.6 is 11.3 Å². The van der Waals surface area contributed by atoms with Crippen molar-refractivity contribution in [1.82, 2.24) is 14.7 Å². The third-order valence-corrected chi connectivity index (χ3v) is 5.72. The summed E-state index contributed by atoms with van der Waals surface area (Å²) >= 11 is 1.69. The first-order valence-corrected chi connectivity index (χ1v) is 8.73. The highest BCUT2D eigenvalue weighted by molar-refractivity contribution is 7.14. The topological polar surface area (TPSA) is 38.1 Å². The summed E-state index contributed by atoms with van der Waals surface area (Å²) in [5.41, 5.74) is 2.46. The van der Waals surface area contributed by atoms with E-state index in [2.05, 4.69) is 18.1 Å². The molecule has 1 amide bonds. The Morgan fingerprint density at radius 2 is 2.36 bits per heavy atom. The second kappa shape index (κ2) is 6.24. The maximum Gasteiger partial charge on any atom is 0.263 e. The zero-order chi connectivity index (χ0) is 15.7. The molecule has 0 bridgehead atoms. The van der Waals surface area contributed by atoms with Crippen LogP contribution in [0.1, 0.15) is 45.4 Å². The van der Waals surface area contributed by atoms with E-state index in [9.17, 15) is 4.79 Å². The second-order valence-electron chi connectivity index (χ2n) is 6.26. The van der Waals surface area contributed by atoms with Gasteiger partial charge in [0.15, 0.2) is 0 Å². The number of hydrogen-bond acceptors (Lipinski definition) is 3. The van der Waals surface area contributed by atoms with Gasteiger partial charge < -0.3 is 4.90 Å². The van der Waals surface area contributed by atoms with E-state index in [0.29, 0.717) is 6.54 Å². The first kappa shape index (κ1) is 15.3. The molecule has 22 heavy (non-hydrogen) atoms. The smallest absolute Gasteiger partial charge is 0.263 e. The number of carbonyl (C=O) groups is 1. The molecular formula is C17H23N3OS. The SMILES string of the molecule is CC[C@H]1CCc2sc(C(=O)N(C)Cc3cnn(C)c3)cc2C1. The molecule has 0 N–H and O–H groups in total. The van der Waals surface area contributed by atoms with Gasteiger partial charge in [-0.3, -0.25) is 9.48 Å². The van der Waals surface area contributed by atoms with Gasteiger partial charge in [0.25, 0.3) is 5.91 Å². The Balaban J connectivity index is 1.71. The molecule has 5 heteroatoms. The maximum atomic E-state index is 12.6. The van der Waals surface area contributed by atoms with Gasteiger partial charge in [0.2, 0.25) is 0 Å². The highest BCUT2D eigenvalue weighted by atomic mass is 32.1. The third kappa shape index (κ3) is 3.09. The predicted octanol–water partition coefficient (Wildman–Crippen LogP) is 3.27. The van der Waals surface area contributed by atoms with E-state index >= 15 is 0 Å². The summed E-state index contributed by atoms with van der Waals surface area (Å²) in [6.07, 6.45) is 8.55. The van der Waals surface area contributed by atoms with E-state index in [1.165, 1.54) is 23.3 Å². The van der Waals surface area contributed by atoms with Gasteiger partial charge in [-0.1, -0.05) is 13.3 Å². The van der Waals surface area contributed by atoms with Crippen molar-refractivity contribution < 1.29 is 4.79 Å². The van der Waals surface area contributed by atoms with E-state index in [0.717, 1.165) is 29.2 Å². The predicted molar refractivity (Wildman–Crippen MR) is 89.1 cm³/mol. The van der Waals surface area contributed by atoms with Crippen molar-refractivity contribution in [2.24, 2.45) is 13.0 Å². The number of thiophene rings is 1. The molecule has 0 aromatic carbocycles. The van der Waals surface area contributed by atoms with Crippen molar-refractivity contribution in [3.63, 3.8) is 0 Å². The summed E-state index contributed by atoms with van der Waals surface area (Å²) in [5.74, 6) is 0.912. The van der Waals surface area contributed by atoms with Gasteiger partial charge >= 0.3 is 0 Å². The minimum atomic E-state index is 0.122. The normalized spacial score (nSPS) is 17.3. The minimum absolute atomic E-state index is 0.122. The first-order valence-electron chi connectivity index (χ1n) is 7.91. The molecule has 0 saturated carbocycles. The van der Waals surface area contributed by atoms with Crippen LogP contribution in [0.4, 0.5) is 0 Å². The molecule has 0 unspecified atom stereocenters. The zero-order valence-electron chi connectivity index (χ0n) is 13.5. The number of carbonyl (C=O) groups excluding carboxylic acids is 1. The van der Waals surface area contributed by atoms with Crippen LogP contribution in [-0.2, 0) is 26.4 Å². The van der Waals surface area contributed by atoms with Gasteiger partial charge in [0.1, 0.15) is 0 Å². The Morgan fingerprint density at radius 1 is 1.55 bits per heavy atom. The van der Waals surface area contributed by atoms with Crippen molar-refractivity contribution >= 4 is 17.2 Å². The molecular weight excluding hydrogens is 294 g/mol. The number of fused-ring (bicyclic) bond motifs is 1. The fraction of sp³-hybridized carbons (Fsp3) is 0.529. The van der Waals surface area contributed by atoms with Gasteiger partial charge in [-0.05, 0) is 36.8 Å². The van der Waals surface area contributed by atoms with Crippen molar-refractivity contribution in [3.05, 3.63) is 39.3 Å². The van der Waals surface area contributed by atoms with Gasteiger partial charge in [0, 0.05) is 37.3 Å². The molecule has 2 heterocycles. The van der Waals surface area contributed by atoms with Gasteiger partial charge in [0.05, 0.1) is 11.1 Å². The molecule has 3 rings (SSSR count). The largest absolute Gasteiger partial charge is 0.337 e. The molecule has 0 spiro atoms. The average Bonchev–Trinajstić information content (AvgIpc) is 3.11.